The second kappa shape index (κ2) is 18.1. The van der Waals surface area contributed by atoms with E-state index < -0.39 is 63.9 Å². The van der Waals surface area contributed by atoms with Crippen LogP contribution in [0, 0.1) is 27.9 Å². The molecule has 8 N–H and O–H groups in total. The number of nitrogens with two attached hydrogens (primary N) is 1. The summed E-state index contributed by atoms with van der Waals surface area (Å²) in [5.41, 5.74) is 3.49. The molecule has 2 fully saturated rings. The molecular formula is C28H39N3O13. The topological polar surface area (TPSA) is 285 Å². The third kappa shape index (κ3) is 12.3. The zero-order chi connectivity index (χ0) is 33.6. The molecule has 1 aromatic rings. The number of nitro groups is 1. The number of nitro benzene ring substituents is 1. The molecule has 0 radical (unpaired) electrons. The van der Waals surface area contributed by atoms with E-state index in [4.69, 9.17) is 26.2 Å². The summed E-state index contributed by atoms with van der Waals surface area (Å²) in [6.45, 7) is 1.42. The number of aromatic carboxylic acids is 2. The molecule has 0 aromatic heterocycles. The van der Waals surface area contributed by atoms with Gasteiger partial charge in [0, 0.05) is 12.1 Å². The van der Waals surface area contributed by atoms with Gasteiger partial charge >= 0.3 is 29.8 Å². The van der Waals surface area contributed by atoms with Gasteiger partial charge in [-0.25, -0.2) is 9.59 Å². The summed E-state index contributed by atoms with van der Waals surface area (Å²) in [6, 6.07) is 1.80. The molecule has 1 aromatic carbocycles. The van der Waals surface area contributed by atoms with Gasteiger partial charge in [-0.1, -0.05) is 39.0 Å². The Morgan fingerprint density at radius 1 is 0.864 bits per heavy atom. The second-order valence-electron chi connectivity index (χ2n) is 10.7. The van der Waals surface area contributed by atoms with Crippen molar-refractivity contribution >= 4 is 41.4 Å². The number of carbonyl (C=O) groups is 6. The van der Waals surface area contributed by atoms with Crippen LogP contribution in [0.4, 0.5) is 5.69 Å². The van der Waals surface area contributed by atoms with Crippen molar-refractivity contribution in [1.82, 2.24) is 5.32 Å². The predicted molar refractivity (Wildman–Crippen MR) is 152 cm³/mol. The Bertz CT molecular complexity index is 1200. The van der Waals surface area contributed by atoms with E-state index in [-0.39, 0.29) is 29.9 Å². The number of hydrogen-bond donors (Lipinski definition) is 7. The molecule has 0 unspecified atom stereocenters. The van der Waals surface area contributed by atoms with Crippen LogP contribution in [0.3, 0.4) is 0 Å². The Kier molecular flexibility index (Phi) is 15.4. The van der Waals surface area contributed by atoms with Crippen molar-refractivity contribution in [2.24, 2.45) is 23.5 Å². The van der Waals surface area contributed by atoms with Crippen LogP contribution in [0.2, 0.25) is 0 Å². The van der Waals surface area contributed by atoms with Crippen molar-refractivity contribution in [3.05, 3.63) is 39.4 Å². The van der Waals surface area contributed by atoms with Crippen LogP contribution in [0.15, 0.2) is 18.2 Å². The van der Waals surface area contributed by atoms with E-state index in [1.807, 2.05) is 0 Å². The maximum Gasteiger partial charge on any atom is 0.342 e. The number of hydrogen-bond acceptors (Lipinski definition) is 9. The Morgan fingerprint density at radius 3 is 1.86 bits per heavy atom. The number of benzene rings is 1. The minimum Gasteiger partial charge on any atom is -0.481 e. The molecule has 2 aliphatic rings. The number of rotatable bonds is 10. The first kappa shape index (κ1) is 37.4. The van der Waals surface area contributed by atoms with Crippen molar-refractivity contribution in [3.63, 3.8) is 0 Å². The van der Waals surface area contributed by atoms with Crippen LogP contribution in [0.1, 0.15) is 91.8 Å². The predicted octanol–water partition coefficient (Wildman–Crippen LogP) is 2.83. The van der Waals surface area contributed by atoms with E-state index >= 15 is 0 Å². The fourth-order valence-electron chi connectivity index (χ4n) is 4.87. The minimum atomic E-state index is -1.47. The number of carboxylic acids is 5. The standard InChI is InChI=1S/C14H23NO3.C8H5NO6.C6H11NO4/c16-13(15-10-6-2-1-3-7-10)11-8-4-5-9-12(11)14(17)18;10-7(11)4-1-2-5(8(12)13)6(3-4)9(14)15;1-3(5(8)9)2-4(7)6(10)11/h10-12H,1-9H2,(H,15,16)(H,17,18);1-3H,(H,10,11)(H,12,13);3-4H,2,7H2,1H3,(H,8,9)(H,10,11)/t11-,12+;;3-,4+/m0.1/s1. The largest absolute Gasteiger partial charge is 0.481 e. The lowest BCUT2D eigenvalue weighted by Crippen LogP contribution is -2.44. The second-order valence-corrected chi connectivity index (χ2v) is 10.7. The lowest BCUT2D eigenvalue weighted by atomic mass is 9.78. The van der Waals surface area contributed by atoms with Gasteiger partial charge in [-0.15, -0.1) is 0 Å². The maximum absolute atomic E-state index is 12.2. The van der Waals surface area contributed by atoms with Gasteiger partial charge in [0.1, 0.15) is 11.6 Å². The first-order valence-electron chi connectivity index (χ1n) is 14.1. The lowest BCUT2D eigenvalue weighted by Gasteiger charge is -2.30. The zero-order valence-corrected chi connectivity index (χ0v) is 24.2. The monoisotopic (exact) mass is 625 g/mol. The summed E-state index contributed by atoms with van der Waals surface area (Å²) in [4.78, 5) is 74.3. The van der Waals surface area contributed by atoms with Crippen LogP contribution in [0.25, 0.3) is 0 Å². The fourth-order valence-corrected chi connectivity index (χ4v) is 4.87. The molecule has 0 aliphatic heterocycles. The lowest BCUT2D eigenvalue weighted by molar-refractivity contribution is -0.385. The summed E-state index contributed by atoms with van der Waals surface area (Å²) in [7, 11) is 0. The van der Waals surface area contributed by atoms with Gasteiger partial charge < -0.3 is 36.6 Å². The summed E-state index contributed by atoms with van der Waals surface area (Å²) in [5.74, 6) is -7.33. The Hall–Kier alpha value is -4.60. The molecule has 16 nitrogen and oxygen atoms in total. The highest BCUT2D eigenvalue weighted by molar-refractivity contribution is 5.95. The van der Waals surface area contributed by atoms with Gasteiger partial charge in [0.15, 0.2) is 0 Å². The van der Waals surface area contributed by atoms with Crippen molar-refractivity contribution in [3.8, 4) is 0 Å². The molecular weight excluding hydrogens is 586 g/mol. The first-order chi connectivity index (χ1) is 20.6. The van der Waals surface area contributed by atoms with Crippen LogP contribution >= 0.6 is 0 Å². The average Bonchev–Trinajstić information content (AvgIpc) is 2.97. The van der Waals surface area contributed by atoms with Crippen molar-refractivity contribution < 1.29 is 59.2 Å². The molecule has 1 amide bonds. The number of amides is 1. The van der Waals surface area contributed by atoms with E-state index in [0.717, 1.165) is 44.2 Å². The first-order valence-corrected chi connectivity index (χ1v) is 14.1. The summed E-state index contributed by atoms with van der Waals surface area (Å²) < 4.78 is 0. The quantitative estimate of drug-likeness (QED) is 0.145. The number of nitrogens with one attached hydrogen (secondary N) is 1. The van der Waals surface area contributed by atoms with Crippen molar-refractivity contribution in [2.75, 3.05) is 0 Å². The Balaban J connectivity index is 0.000000341. The molecule has 0 heterocycles. The summed E-state index contributed by atoms with van der Waals surface area (Å²) in [6.07, 6.45) is 8.98. The summed E-state index contributed by atoms with van der Waals surface area (Å²) in [5, 5.41) is 56.5. The van der Waals surface area contributed by atoms with Crippen LogP contribution in [-0.2, 0) is 19.2 Å². The van der Waals surface area contributed by atoms with E-state index in [1.54, 1.807) is 0 Å². The highest BCUT2D eigenvalue weighted by atomic mass is 16.6. The van der Waals surface area contributed by atoms with Crippen molar-refractivity contribution in [2.45, 2.75) is 83.2 Å². The van der Waals surface area contributed by atoms with E-state index in [0.29, 0.717) is 12.5 Å². The van der Waals surface area contributed by atoms with Crippen LogP contribution in [-0.4, -0.2) is 78.3 Å². The SMILES string of the molecule is C[C@H](C[C@H](N)C(=O)O)C(=O)O.O=C(NC1CCCCC1)[C@H]1CCCC[C@H]1C(=O)O.O=C(O)c1ccc(C(=O)O)c([N+](=O)[O-])c1. The number of carbonyl (C=O) groups excluding carboxylic acids is 1. The molecule has 3 rings (SSSR count). The maximum atomic E-state index is 12.2. The van der Waals surface area contributed by atoms with E-state index in [9.17, 15) is 44.0 Å². The fraction of sp³-hybridized carbons (Fsp3) is 0.571. The van der Waals surface area contributed by atoms with Crippen LogP contribution in [0.5, 0.6) is 0 Å². The molecule has 2 saturated carbocycles. The van der Waals surface area contributed by atoms with E-state index in [2.05, 4.69) is 5.32 Å². The molecule has 4 atom stereocenters. The van der Waals surface area contributed by atoms with Crippen molar-refractivity contribution in [1.29, 1.82) is 0 Å². The third-order valence-electron chi connectivity index (χ3n) is 7.39. The molecule has 244 valence electrons. The number of carboxylic acid groups (broad SMARTS) is 5. The molecule has 0 saturated heterocycles. The average molecular weight is 626 g/mol. The third-order valence-corrected chi connectivity index (χ3v) is 7.39. The zero-order valence-electron chi connectivity index (χ0n) is 24.2. The minimum absolute atomic E-state index is 0.0194. The Labute approximate surface area is 252 Å². The molecule has 0 bridgehead atoms. The number of aliphatic carboxylic acids is 3. The van der Waals surface area contributed by atoms with Gasteiger partial charge in [-0.2, -0.15) is 0 Å². The van der Waals surface area contributed by atoms with E-state index in [1.165, 1.54) is 26.2 Å². The molecule has 0 spiro atoms. The molecule has 16 heteroatoms. The molecule has 44 heavy (non-hydrogen) atoms. The summed E-state index contributed by atoms with van der Waals surface area (Å²) >= 11 is 0. The Morgan fingerprint density at radius 2 is 1.41 bits per heavy atom. The van der Waals surface area contributed by atoms with Gasteiger partial charge in [0.05, 0.1) is 28.2 Å². The van der Waals surface area contributed by atoms with Crippen LogP contribution < -0.4 is 11.1 Å². The van der Waals surface area contributed by atoms with Gasteiger partial charge in [0.2, 0.25) is 5.91 Å². The normalized spacial score (nSPS) is 19.3. The molecule has 2 aliphatic carbocycles. The van der Waals surface area contributed by atoms with Gasteiger partial charge in [-0.05, 0) is 44.2 Å². The smallest absolute Gasteiger partial charge is 0.342 e. The highest BCUT2D eigenvalue weighted by Crippen LogP contribution is 2.31. The van der Waals surface area contributed by atoms with Gasteiger partial charge in [0.25, 0.3) is 5.69 Å². The van der Waals surface area contributed by atoms with Gasteiger partial charge in [-0.3, -0.25) is 29.3 Å². The number of nitrogens with zero attached hydrogens (tertiary/aromatic N) is 1. The highest BCUT2D eigenvalue weighted by Gasteiger charge is 2.36.